The zero-order chi connectivity index (χ0) is 20.0. The third-order valence-corrected chi connectivity index (χ3v) is 3.81. The molecule has 0 aliphatic rings. The van der Waals surface area contributed by atoms with Crippen molar-refractivity contribution in [2.45, 2.75) is 38.7 Å². The van der Waals surface area contributed by atoms with Crippen LogP contribution in [0.15, 0.2) is 24.7 Å². The molecule has 3 heterocycles. The number of ether oxygens (including phenoxy) is 1. The van der Waals surface area contributed by atoms with Gasteiger partial charge in [0, 0.05) is 18.0 Å². The highest BCUT2D eigenvalue weighted by molar-refractivity contribution is 5.59. The second-order valence-electron chi connectivity index (χ2n) is 6.30. The highest BCUT2D eigenvalue weighted by Gasteiger charge is 2.50. The molecule has 0 saturated carbocycles. The minimum absolute atomic E-state index is 0.0361. The predicted molar refractivity (Wildman–Crippen MR) is 84.3 cm³/mol. The van der Waals surface area contributed by atoms with Crippen LogP contribution in [0.25, 0.3) is 16.9 Å². The molecule has 6 nitrogen and oxygen atoms in total. The van der Waals surface area contributed by atoms with E-state index in [1.54, 1.807) is 0 Å². The molecule has 3 aromatic heterocycles. The average molecular weight is 387 g/mol. The maximum atomic E-state index is 14.2. The predicted octanol–water partition coefficient (Wildman–Crippen LogP) is 4.08. The molecule has 0 fully saturated rings. The Labute approximate surface area is 150 Å². The third kappa shape index (κ3) is 3.53. The van der Waals surface area contributed by atoms with E-state index in [4.69, 9.17) is 4.74 Å². The fourth-order valence-corrected chi connectivity index (χ4v) is 2.18. The Hall–Kier alpha value is -2.85. The van der Waals surface area contributed by atoms with Crippen molar-refractivity contribution in [1.29, 1.82) is 0 Å². The molecule has 144 valence electrons. The van der Waals surface area contributed by atoms with Gasteiger partial charge in [0.15, 0.2) is 29.1 Å². The van der Waals surface area contributed by atoms with Gasteiger partial charge in [0.1, 0.15) is 0 Å². The molecular formula is C16H14F5N5O. The number of rotatable bonds is 4. The summed E-state index contributed by atoms with van der Waals surface area (Å²) in [5.74, 6) is -1.84. The third-order valence-electron chi connectivity index (χ3n) is 3.81. The summed E-state index contributed by atoms with van der Waals surface area (Å²) in [5.41, 5.74) is -1.96. The zero-order valence-corrected chi connectivity index (χ0v) is 14.4. The van der Waals surface area contributed by atoms with E-state index in [2.05, 4.69) is 20.2 Å². The van der Waals surface area contributed by atoms with Crippen LogP contribution in [-0.4, -0.2) is 36.3 Å². The molecule has 3 rings (SSSR count). The molecule has 0 spiro atoms. The first-order chi connectivity index (χ1) is 12.5. The largest absolute Gasteiger partial charge is 0.460 e. The Balaban J connectivity index is 1.96. The van der Waals surface area contributed by atoms with Crippen LogP contribution < -0.4 is 4.74 Å². The molecule has 3 aromatic rings. The number of hydrogen-bond donors (Lipinski definition) is 0. The molecule has 0 saturated heterocycles. The maximum Gasteiger partial charge on any atom is 0.427 e. The van der Waals surface area contributed by atoms with Crippen LogP contribution in [0.1, 0.15) is 32.8 Å². The molecule has 0 aliphatic heterocycles. The average Bonchev–Trinajstić information content (AvgIpc) is 2.98. The first-order valence-electron chi connectivity index (χ1n) is 7.76. The van der Waals surface area contributed by atoms with Crippen LogP contribution in [0.2, 0.25) is 0 Å². The molecule has 0 aromatic carbocycles. The number of hydrogen-bond acceptors (Lipinski definition) is 5. The van der Waals surface area contributed by atoms with Gasteiger partial charge in [-0.05, 0) is 26.8 Å². The Kier molecular flexibility index (Phi) is 4.48. The van der Waals surface area contributed by atoms with E-state index in [-0.39, 0.29) is 17.1 Å². The smallest absolute Gasteiger partial charge is 0.427 e. The number of halogens is 5. The summed E-state index contributed by atoms with van der Waals surface area (Å²) in [6.07, 6.45) is -2.30. The summed E-state index contributed by atoms with van der Waals surface area (Å²) in [7, 11) is 0. The van der Waals surface area contributed by atoms with Crippen molar-refractivity contribution in [3.63, 3.8) is 0 Å². The Morgan fingerprint density at radius 2 is 1.81 bits per heavy atom. The van der Waals surface area contributed by atoms with Gasteiger partial charge in [-0.3, -0.25) is 9.38 Å². The molecule has 11 heteroatoms. The van der Waals surface area contributed by atoms with E-state index >= 15 is 0 Å². The monoisotopic (exact) mass is 387 g/mol. The van der Waals surface area contributed by atoms with E-state index < -0.39 is 29.6 Å². The molecule has 0 radical (unpaired) electrons. The van der Waals surface area contributed by atoms with Crippen molar-refractivity contribution < 1.29 is 26.7 Å². The molecule has 27 heavy (non-hydrogen) atoms. The van der Waals surface area contributed by atoms with Gasteiger partial charge in [0.25, 0.3) is 5.88 Å². The van der Waals surface area contributed by atoms with Gasteiger partial charge in [-0.15, -0.1) is 10.2 Å². The van der Waals surface area contributed by atoms with Gasteiger partial charge >= 0.3 is 6.18 Å². The van der Waals surface area contributed by atoms with Gasteiger partial charge in [-0.25, -0.2) is 13.8 Å². The number of alkyl halides is 4. The fraction of sp³-hybridized carbons (Fsp3) is 0.375. The summed E-state index contributed by atoms with van der Waals surface area (Å²) in [4.78, 5) is 7.69. The Morgan fingerprint density at radius 3 is 2.41 bits per heavy atom. The highest BCUT2D eigenvalue weighted by atomic mass is 19.4. The number of aromatic nitrogens is 5. The number of nitrogens with zero attached hydrogens (tertiary/aromatic N) is 5. The van der Waals surface area contributed by atoms with Crippen molar-refractivity contribution in [1.82, 2.24) is 24.6 Å². The number of fused-ring (bicyclic) bond motifs is 1. The standard InChI is InChI=1S/C16H14F5N5O/c1-8(17)13-25-24-12-6-22-11(7-26(12)13)9-4-10(18)14(23-5-9)27-15(2,3)16(19,20)21/h4-8H,1-3H3. The molecule has 0 aliphatic carbocycles. The maximum absolute atomic E-state index is 14.2. The van der Waals surface area contributed by atoms with Crippen molar-refractivity contribution in [3.05, 3.63) is 36.3 Å². The molecule has 0 bridgehead atoms. The van der Waals surface area contributed by atoms with E-state index in [1.807, 2.05) is 0 Å². The topological polar surface area (TPSA) is 65.2 Å². The van der Waals surface area contributed by atoms with E-state index in [9.17, 15) is 22.0 Å². The highest BCUT2D eigenvalue weighted by Crippen LogP contribution is 2.34. The van der Waals surface area contributed by atoms with Crippen molar-refractivity contribution >= 4 is 5.65 Å². The normalized spacial score (nSPS) is 13.8. The van der Waals surface area contributed by atoms with Gasteiger partial charge in [0.2, 0.25) is 0 Å². The summed E-state index contributed by atoms with van der Waals surface area (Å²) < 4.78 is 72.5. The minimum Gasteiger partial charge on any atom is -0.460 e. The van der Waals surface area contributed by atoms with Crippen molar-refractivity contribution in [2.24, 2.45) is 0 Å². The van der Waals surface area contributed by atoms with E-state index in [0.29, 0.717) is 5.65 Å². The summed E-state index contributed by atoms with van der Waals surface area (Å²) >= 11 is 0. The lowest BCUT2D eigenvalue weighted by Crippen LogP contribution is -2.45. The van der Waals surface area contributed by atoms with Crippen LogP contribution in [-0.2, 0) is 0 Å². The lowest BCUT2D eigenvalue weighted by molar-refractivity contribution is -0.235. The van der Waals surface area contributed by atoms with Crippen LogP contribution in [0.3, 0.4) is 0 Å². The lowest BCUT2D eigenvalue weighted by atomic mass is 10.1. The van der Waals surface area contributed by atoms with Crippen LogP contribution >= 0.6 is 0 Å². The lowest BCUT2D eigenvalue weighted by Gasteiger charge is -2.28. The van der Waals surface area contributed by atoms with Gasteiger partial charge < -0.3 is 4.74 Å². The fourth-order valence-electron chi connectivity index (χ4n) is 2.18. The quantitative estimate of drug-likeness (QED) is 0.632. The summed E-state index contributed by atoms with van der Waals surface area (Å²) in [5, 5.41) is 7.47. The first-order valence-corrected chi connectivity index (χ1v) is 7.76. The van der Waals surface area contributed by atoms with Crippen molar-refractivity contribution in [3.8, 4) is 17.1 Å². The molecule has 0 amide bonds. The molecule has 0 N–H and O–H groups in total. The van der Waals surface area contributed by atoms with Crippen molar-refractivity contribution in [2.75, 3.05) is 0 Å². The van der Waals surface area contributed by atoms with Gasteiger partial charge in [-0.1, -0.05) is 0 Å². The SMILES string of the molecule is CC(F)c1nnc2cnc(-c3cnc(OC(C)(C)C(F)(F)F)c(F)c3)cn12. The van der Waals surface area contributed by atoms with Crippen LogP contribution in [0.4, 0.5) is 22.0 Å². The number of pyridine rings is 1. The minimum atomic E-state index is -4.71. The summed E-state index contributed by atoms with van der Waals surface area (Å²) in [6.45, 7) is 2.82. The molecule has 1 unspecified atom stereocenters. The van der Waals surface area contributed by atoms with E-state index in [0.717, 1.165) is 26.1 Å². The van der Waals surface area contributed by atoms with Gasteiger partial charge in [0.05, 0.1) is 11.9 Å². The van der Waals surface area contributed by atoms with Crippen LogP contribution in [0, 0.1) is 5.82 Å². The second kappa shape index (κ2) is 6.39. The Morgan fingerprint density at radius 1 is 1.11 bits per heavy atom. The first kappa shape index (κ1) is 18.9. The second-order valence-corrected chi connectivity index (χ2v) is 6.30. The van der Waals surface area contributed by atoms with E-state index in [1.165, 1.54) is 23.7 Å². The van der Waals surface area contributed by atoms with Crippen LogP contribution in [0.5, 0.6) is 5.88 Å². The molecular weight excluding hydrogens is 373 g/mol. The van der Waals surface area contributed by atoms with Gasteiger partial charge in [-0.2, -0.15) is 13.2 Å². The Bertz CT molecular complexity index is 983. The molecule has 1 atom stereocenters. The zero-order valence-electron chi connectivity index (χ0n) is 14.4. The summed E-state index contributed by atoms with van der Waals surface area (Å²) in [6, 6.07) is 0.936.